The Hall–Kier alpha value is -3.15. The molecule has 6 nitrogen and oxygen atoms in total. The SMILES string of the molecule is CN(C)c1ccc(C(=O)/C=C2\Nc3ccc([N+](=O)[O-])cc3C2(C)C)cc1. The van der Waals surface area contributed by atoms with Crippen LogP contribution in [0.15, 0.2) is 54.2 Å². The molecular formula is C20H21N3O3. The lowest BCUT2D eigenvalue weighted by atomic mass is 9.83. The van der Waals surface area contributed by atoms with Gasteiger partial charge in [0.2, 0.25) is 0 Å². The van der Waals surface area contributed by atoms with Crippen molar-refractivity contribution in [2.24, 2.45) is 0 Å². The van der Waals surface area contributed by atoms with Gasteiger partial charge in [-0.15, -0.1) is 0 Å². The zero-order chi connectivity index (χ0) is 19.1. The van der Waals surface area contributed by atoms with Gasteiger partial charge in [0.05, 0.1) is 4.92 Å². The van der Waals surface area contributed by atoms with E-state index in [1.165, 1.54) is 6.07 Å². The van der Waals surface area contributed by atoms with E-state index in [0.29, 0.717) is 5.56 Å². The van der Waals surface area contributed by atoms with E-state index in [2.05, 4.69) is 5.32 Å². The lowest BCUT2D eigenvalue weighted by molar-refractivity contribution is -0.384. The maximum atomic E-state index is 12.7. The van der Waals surface area contributed by atoms with Crippen LogP contribution in [0.5, 0.6) is 0 Å². The highest BCUT2D eigenvalue weighted by atomic mass is 16.6. The smallest absolute Gasteiger partial charge is 0.269 e. The van der Waals surface area contributed by atoms with Crippen molar-refractivity contribution >= 4 is 22.8 Å². The molecule has 0 spiro atoms. The summed E-state index contributed by atoms with van der Waals surface area (Å²) in [6.45, 7) is 3.90. The number of benzene rings is 2. The molecule has 0 amide bonds. The minimum absolute atomic E-state index is 0.0467. The molecule has 0 radical (unpaired) electrons. The lowest BCUT2D eigenvalue weighted by Crippen LogP contribution is -2.18. The van der Waals surface area contributed by atoms with E-state index in [-0.39, 0.29) is 11.5 Å². The highest BCUT2D eigenvalue weighted by Crippen LogP contribution is 2.44. The summed E-state index contributed by atoms with van der Waals surface area (Å²) in [4.78, 5) is 25.3. The summed E-state index contributed by atoms with van der Waals surface area (Å²) >= 11 is 0. The van der Waals surface area contributed by atoms with Crippen LogP contribution < -0.4 is 10.2 Å². The van der Waals surface area contributed by atoms with Crippen LogP contribution in [0.1, 0.15) is 29.8 Å². The van der Waals surface area contributed by atoms with Crippen molar-refractivity contribution in [1.82, 2.24) is 0 Å². The minimum Gasteiger partial charge on any atom is -0.378 e. The minimum atomic E-state index is -0.513. The van der Waals surface area contributed by atoms with E-state index in [1.807, 2.05) is 45.0 Å². The van der Waals surface area contributed by atoms with Crippen LogP contribution >= 0.6 is 0 Å². The van der Waals surface area contributed by atoms with Gasteiger partial charge in [-0.05, 0) is 35.9 Å². The van der Waals surface area contributed by atoms with Gasteiger partial charge in [-0.25, -0.2) is 0 Å². The first-order chi connectivity index (χ1) is 12.2. The maximum absolute atomic E-state index is 12.7. The van der Waals surface area contributed by atoms with Crippen LogP contribution in [0.3, 0.4) is 0 Å². The molecule has 0 saturated carbocycles. The number of fused-ring (bicyclic) bond motifs is 1. The predicted octanol–water partition coefficient (Wildman–Crippen LogP) is 4.13. The van der Waals surface area contributed by atoms with Crippen LogP contribution in [0.2, 0.25) is 0 Å². The Bertz CT molecular complexity index is 912. The number of nitrogens with zero attached hydrogens (tertiary/aromatic N) is 2. The van der Waals surface area contributed by atoms with Crippen molar-refractivity contribution < 1.29 is 9.72 Å². The first-order valence-corrected chi connectivity index (χ1v) is 8.30. The molecule has 6 heteroatoms. The van der Waals surface area contributed by atoms with E-state index in [1.54, 1.807) is 30.3 Å². The first kappa shape index (κ1) is 17.7. The van der Waals surface area contributed by atoms with Gasteiger partial charge in [0.25, 0.3) is 5.69 Å². The molecule has 0 bridgehead atoms. The normalized spacial score (nSPS) is 16.1. The topological polar surface area (TPSA) is 75.5 Å². The van der Waals surface area contributed by atoms with Crippen LogP contribution in [-0.2, 0) is 5.41 Å². The highest BCUT2D eigenvalue weighted by molar-refractivity contribution is 6.05. The maximum Gasteiger partial charge on any atom is 0.269 e. The van der Waals surface area contributed by atoms with Gasteiger partial charge in [0, 0.05) is 60.4 Å². The molecule has 3 rings (SSSR count). The Balaban J connectivity index is 1.91. The average molecular weight is 351 g/mol. The van der Waals surface area contributed by atoms with Crippen molar-refractivity contribution in [3.05, 3.63) is 75.5 Å². The molecule has 0 atom stereocenters. The number of anilines is 2. The molecule has 0 aliphatic carbocycles. The Kier molecular flexibility index (Phi) is 4.28. The number of non-ortho nitro benzene ring substituents is 1. The van der Waals surface area contributed by atoms with Crippen LogP contribution in [0.25, 0.3) is 0 Å². The van der Waals surface area contributed by atoms with Gasteiger partial charge in [-0.3, -0.25) is 14.9 Å². The fraction of sp³-hybridized carbons (Fsp3) is 0.250. The fourth-order valence-corrected chi connectivity index (χ4v) is 3.07. The van der Waals surface area contributed by atoms with Gasteiger partial charge in [0.1, 0.15) is 0 Å². The molecule has 134 valence electrons. The summed E-state index contributed by atoms with van der Waals surface area (Å²) in [5.74, 6) is -0.104. The molecule has 0 fully saturated rings. The molecule has 2 aromatic rings. The standard InChI is InChI=1S/C20H21N3O3/c1-20(2)16-11-15(23(25)26)9-10-17(16)21-19(20)12-18(24)13-5-7-14(8-6-13)22(3)4/h5-12,21H,1-4H3/b19-12-. The summed E-state index contributed by atoms with van der Waals surface area (Å²) in [7, 11) is 3.89. The molecule has 1 aliphatic heterocycles. The summed E-state index contributed by atoms with van der Waals surface area (Å²) in [5, 5.41) is 14.3. The number of nitro groups is 1. The molecular weight excluding hydrogens is 330 g/mol. The number of carbonyl (C=O) groups is 1. The highest BCUT2D eigenvalue weighted by Gasteiger charge is 2.36. The van der Waals surface area contributed by atoms with Gasteiger partial charge in [-0.2, -0.15) is 0 Å². The van der Waals surface area contributed by atoms with E-state index in [4.69, 9.17) is 0 Å². The summed E-state index contributed by atoms with van der Waals surface area (Å²) in [5.41, 5.74) is 3.49. The van der Waals surface area contributed by atoms with Gasteiger partial charge >= 0.3 is 0 Å². The molecule has 1 N–H and O–H groups in total. The number of carbonyl (C=O) groups excluding carboxylic acids is 1. The molecule has 0 saturated heterocycles. The van der Waals surface area contributed by atoms with E-state index in [9.17, 15) is 14.9 Å². The monoisotopic (exact) mass is 351 g/mol. The van der Waals surface area contributed by atoms with Crippen LogP contribution in [0, 0.1) is 10.1 Å². The molecule has 0 unspecified atom stereocenters. The lowest BCUT2D eigenvalue weighted by Gasteiger charge is -2.20. The molecule has 26 heavy (non-hydrogen) atoms. The van der Waals surface area contributed by atoms with Crippen LogP contribution in [-0.4, -0.2) is 24.8 Å². The Labute approximate surface area is 152 Å². The number of nitrogens with one attached hydrogen (secondary N) is 1. The number of rotatable bonds is 4. The van der Waals surface area contributed by atoms with Gasteiger partial charge in [-0.1, -0.05) is 13.8 Å². The van der Waals surface area contributed by atoms with Crippen molar-refractivity contribution in [2.45, 2.75) is 19.3 Å². The third kappa shape index (κ3) is 3.06. The molecule has 1 aliphatic rings. The third-order valence-electron chi connectivity index (χ3n) is 4.77. The van der Waals surface area contributed by atoms with Gasteiger partial charge < -0.3 is 10.2 Å². The Morgan fingerprint density at radius 1 is 1.15 bits per heavy atom. The van der Waals surface area contributed by atoms with Crippen molar-refractivity contribution in [3.8, 4) is 0 Å². The quantitative estimate of drug-likeness (QED) is 0.388. The first-order valence-electron chi connectivity index (χ1n) is 8.30. The molecule has 2 aromatic carbocycles. The van der Waals surface area contributed by atoms with E-state index in [0.717, 1.165) is 22.6 Å². The van der Waals surface area contributed by atoms with Crippen molar-refractivity contribution in [2.75, 3.05) is 24.3 Å². The Morgan fingerprint density at radius 2 is 1.81 bits per heavy atom. The van der Waals surface area contributed by atoms with Gasteiger partial charge in [0.15, 0.2) is 5.78 Å². The zero-order valence-corrected chi connectivity index (χ0v) is 15.2. The van der Waals surface area contributed by atoms with E-state index < -0.39 is 10.3 Å². The number of hydrogen-bond acceptors (Lipinski definition) is 5. The number of hydrogen-bond donors (Lipinski definition) is 1. The second-order valence-corrected chi connectivity index (χ2v) is 7.10. The summed E-state index contributed by atoms with van der Waals surface area (Å²) in [6.07, 6.45) is 1.58. The molecule has 0 aromatic heterocycles. The second kappa shape index (κ2) is 6.29. The number of allylic oxidation sites excluding steroid dienone is 2. The number of ketones is 1. The van der Waals surface area contributed by atoms with Crippen molar-refractivity contribution in [3.63, 3.8) is 0 Å². The van der Waals surface area contributed by atoms with Crippen molar-refractivity contribution in [1.29, 1.82) is 0 Å². The van der Waals surface area contributed by atoms with Crippen LogP contribution in [0.4, 0.5) is 17.1 Å². The molecule has 1 heterocycles. The number of nitro benzene ring substituents is 1. The van der Waals surface area contributed by atoms with E-state index >= 15 is 0 Å². The summed E-state index contributed by atoms with van der Waals surface area (Å²) < 4.78 is 0. The predicted molar refractivity (Wildman–Crippen MR) is 103 cm³/mol. The average Bonchev–Trinajstić information content (AvgIpc) is 2.85. The fourth-order valence-electron chi connectivity index (χ4n) is 3.07. The second-order valence-electron chi connectivity index (χ2n) is 7.10. The third-order valence-corrected chi connectivity index (χ3v) is 4.77. The Morgan fingerprint density at radius 3 is 2.38 bits per heavy atom. The summed E-state index contributed by atoms with van der Waals surface area (Å²) in [6, 6.07) is 12.1. The zero-order valence-electron chi connectivity index (χ0n) is 15.2. The largest absolute Gasteiger partial charge is 0.378 e.